The number of fused-ring (bicyclic) bond motifs is 1. The summed E-state index contributed by atoms with van der Waals surface area (Å²) < 4.78 is 27.8. The fourth-order valence-corrected chi connectivity index (χ4v) is 1.95. The van der Waals surface area contributed by atoms with Crippen LogP contribution in [0.15, 0.2) is 36.4 Å². The number of phenolic OH excluding ortho intramolecular Hbond substituents is 1. The fraction of sp³-hybridized carbons (Fsp3) is 0.231. The number of rotatable bonds is 3. The average molecular weight is 237 g/mol. The van der Waals surface area contributed by atoms with Gasteiger partial charge in [0.2, 0.25) is 0 Å². The highest BCUT2D eigenvalue weighted by Crippen LogP contribution is 2.41. The van der Waals surface area contributed by atoms with Crippen LogP contribution in [-0.2, 0) is 5.92 Å². The van der Waals surface area contributed by atoms with Crippen molar-refractivity contribution in [2.75, 3.05) is 6.54 Å². The van der Waals surface area contributed by atoms with Crippen molar-refractivity contribution in [3.63, 3.8) is 0 Å². The van der Waals surface area contributed by atoms with Crippen LogP contribution in [0.5, 0.6) is 5.75 Å². The SMILES string of the molecule is NCCC(F)(F)c1c(O)ccc2ccccc12. The molecule has 0 aromatic heterocycles. The highest BCUT2D eigenvalue weighted by Gasteiger charge is 2.35. The summed E-state index contributed by atoms with van der Waals surface area (Å²) in [4.78, 5) is 0. The molecule has 17 heavy (non-hydrogen) atoms. The van der Waals surface area contributed by atoms with E-state index in [1.807, 2.05) is 0 Å². The Morgan fingerprint density at radius 3 is 2.53 bits per heavy atom. The van der Waals surface area contributed by atoms with E-state index in [4.69, 9.17) is 5.73 Å². The van der Waals surface area contributed by atoms with Gasteiger partial charge in [0.15, 0.2) is 0 Å². The Morgan fingerprint density at radius 1 is 1.12 bits per heavy atom. The summed E-state index contributed by atoms with van der Waals surface area (Å²) in [5.74, 6) is -3.50. The normalized spacial score (nSPS) is 11.9. The third kappa shape index (κ3) is 2.08. The predicted octanol–water partition coefficient (Wildman–Crippen LogP) is 2.99. The van der Waals surface area contributed by atoms with Crippen molar-refractivity contribution in [3.8, 4) is 5.75 Å². The van der Waals surface area contributed by atoms with Gasteiger partial charge < -0.3 is 10.8 Å². The minimum Gasteiger partial charge on any atom is -0.507 e. The molecule has 2 aromatic rings. The predicted molar refractivity (Wildman–Crippen MR) is 63.2 cm³/mol. The molecule has 0 spiro atoms. The molecule has 0 aliphatic heterocycles. The zero-order valence-corrected chi connectivity index (χ0v) is 9.16. The van der Waals surface area contributed by atoms with E-state index in [9.17, 15) is 13.9 Å². The number of alkyl halides is 2. The van der Waals surface area contributed by atoms with E-state index in [0.717, 1.165) is 0 Å². The Bertz CT molecular complexity index is 540. The topological polar surface area (TPSA) is 46.2 Å². The Kier molecular flexibility index (Phi) is 2.98. The fourth-order valence-electron chi connectivity index (χ4n) is 1.95. The Hall–Kier alpha value is -1.68. The summed E-state index contributed by atoms with van der Waals surface area (Å²) in [6.07, 6.45) is -0.478. The zero-order chi connectivity index (χ0) is 12.5. The van der Waals surface area contributed by atoms with Gasteiger partial charge in [-0.25, -0.2) is 8.78 Å². The first-order valence-electron chi connectivity index (χ1n) is 5.35. The molecule has 0 saturated heterocycles. The average Bonchev–Trinajstić information content (AvgIpc) is 2.28. The molecule has 3 N–H and O–H groups in total. The molecule has 2 nitrogen and oxygen atoms in total. The zero-order valence-electron chi connectivity index (χ0n) is 9.16. The first kappa shape index (κ1) is 11.8. The van der Waals surface area contributed by atoms with E-state index in [1.165, 1.54) is 6.07 Å². The molecule has 0 amide bonds. The highest BCUT2D eigenvalue weighted by atomic mass is 19.3. The van der Waals surface area contributed by atoms with E-state index < -0.39 is 12.3 Å². The molecule has 0 aliphatic carbocycles. The maximum Gasteiger partial charge on any atom is 0.278 e. The minimum atomic E-state index is -3.11. The molecule has 2 rings (SSSR count). The Balaban J connectivity index is 2.70. The molecule has 0 saturated carbocycles. The molecule has 0 bridgehead atoms. The van der Waals surface area contributed by atoms with Crippen molar-refractivity contribution in [3.05, 3.63) is 42.0 Å². The third-order valence-corrected chi connectivity index (χ3v) is 2.73. The van der Waals surface area contributed by atoms with E-state index in [-0.39, 0.29) is 17.9 Å². The molecule has 4 heteroatoms. The van der Waals surface area contributed by atoms with Crippen LogP contribution >= 0.6 is 0 Å². The number of hydrogen-bond acceptors (Lipinski definition) is 2. The molecule has 0 fully saturated rings. The van der Waals surface area contributed by atoms with Gasteiger partial charge >= 0.3 is 0 Å². The molecule has 0 radical (unpaired) electrons. The Labute approximate surface area is 97.7 Å². The van der Waals surface area contributed by atoms with Crippen molar-refractivity contribution in [2.45, 2.75) is 12.3 Å². The quantitative estimate of drug-likeness (QED) is 0.862. The van der Waals surface area contributed by atoms with Crippen molar-refractivity contribution < 1.29 is 13.9 Å². The molecular formula is C13H13F2NO. The van der Waals surface area contributed by atoms with Crippen LogP contribution in [0.3, 0.4) is 0 Å². The molecule has 0 aliphatic rings. The van der Waals surface area contributed by atoms with Crippen molar-refractivity contribution in [1.82, 2.24) is 0 Å². The van der Waals surface area contributed by atoms with E-state index in [1.54, 1.807) is 30.3 Å². The maximum absolute atomic E-state index is 13.9. The van der Waals surface area contributed by atoms with Crippen LogP contribution < -0.4 is 5.73 Å². The molecular weight excluding hydrogens is 224 g/mol. The van der Waals surface area contributed by atoms with Crippen LogP contribution in [0.4, 0.5) is 8.78 Å². The lowest BCUT2D eigenvalue weighted by Crippen LogP contribution is -2.19. The van der Waals surface area contributed by atoms with Crippen molar-refractivity contribution >= 4 is 10.8 Å². The third-order valence-electron chi connectivity index (χ3n) is 2.73. The second-order valence-electron chi connectivity index (χ2n) is 3.92. The molecule has 0 atom stereocenters. The summed E-state index contributed by atoms with van der Waals surface area (Å²) in [6, 6.07) is 9.66. The summed E-state index contributed by atoms with van der Waals surface area (Å²) >= 11 is 0. The number of phenols is 1. The number of aromatic hydroxyl groups is 1. The van der Waals surface area contributed by atoms with Gasteiger partial charge in [-0.3, -0.25) is 0 Å². The number of hydrogen-bond donors (Lipinski definition) is 2. The second-order valence-corrected chi connectivity index (χ2v) is 3.92. The standard InChI is InChI=1S/C13H13F2NO/c14-13(15,7-8-16)12-10-4-2-1-3-9(10)5-6-11(12)17/h1-6,17H,7-8,16H2. The monoisotopic (exact) mass is 237 g/mol. The van der Waals surface area contributed by atoms with Crippen LogP contribution in [0, 0.1) is 0 Å². The maximum atomic E-state index is 13.9. The van der Waals surface area contributed by atoms with Gasteiger partial charge in [0, 0.05) is 6.42 Å². The van der Waals surface area contributed by atoms with E-state index in [2.05, 4.69) is 0 Å². The number of nitrogens with two attached hydrogens (primary N) is 1. The summed E-state index contributed by atoms with van der Waals surface area (Å²) in [5, 5.41) is 10.7. The van der Waals surface area contributed by atoms with Gasteiger partial charge in [-0.05, 0) is 23.4 Å². The minimum absolute atomic E-state index is 0.129. The van der Waals surface area contributed by atoms with Gasteiger partial charge in [0.05, 0.1) is 5.56 Å². The summed E-state index contributed by atoms with van der Waals surface area (Å²) in [6.45, 7) is -0.129. The van der Waals surface area contributed by atoms with Gasteiger partial charge in [-0.1, -0.05) is 30.3 Å². The molecule has 90 valence electrons. The molecule has 0 unspecified atom stereocenters. The van der Waals surface area contributed by atoms with E-state index >= 15 is 0 Å². The largest absolute Gasteiger partial charge is 0.507 e. The second kappa shape index (κ2) is 4.30. The lowest BCUT2D eigenvalue weighted by Gasteiger charge is -2.19. The van der Waals surface area contributed by atoms with Gasteiger partial charge in [-0.2, -0.15) is 0 Å². The van der Waals surface area contributed by atoms with Crippen LogP contribution in [0.2, 0.25) is 0 Å². The van der Waals surface area contributed by atoms with Crippen LogP contribution in [0.25, 0.3) is 10.8 Å². The van der Waals surface area contributed by atoms with Crippen LogP contribution in [0.1, 0.15) is 12.0 Å². The molecule has 0 heterocycles. The number of benzene rings is 2. The first-order chi connectivity index (χ1) is 8.06. The summed E-state index contributed by atoms with van der Waals surface area (Å²) in [7, 11) is 0. The lowest BCUT2D eigenvalue weighted by molar-refractivity contribution is -0.0111. The first-order valence-corrected chi connectivity index (χ1v) is 5.35. The van der Waals surface area contributed by atoms with Crippen molar-refractivity contribution in [1.29, 1.82) is 0 Å². The molecule has 2 aromatic carbocycles. The smallest absolute Gasteiger partial charge is 0.278 e. The number of halogens is 2. The summed E-state index contributed by atoms with van der Waals surface area (Å²) in [5.41, 5.74) is 4.85. The van der Waals surface area contributed by atoms with Gasteiger partial charge in [-0.15, -0.1) is 0 Å². The van der Waals surface area contributed by atoms with E-state index in [0.29, 0.717) is 10.8 Å². The van der Waals surface area contributed by atoms with Crippen LogP contribution in [-0.4, -0.2) is 11.7 Å². The van der Waals surface area contributed by atoms with Crippen molar-refractivity contribution in [2.24, 2.45) is 5.73 Å². The lowest BCUT2D eigenvalue weighted by atomic mass is 9.97. The van der Waals surface area contributed by atoms with Gasteiger partial charge in [0.1, 0.15) is 5.75 Å². The van der Waals surface area contributed by atoms with Gasteiger partial charge in [0.25, 0.3) is 5.92 Å². The highest BCUT2D eigenvalue weighted by molar-refractivity contribution is 5.88. The Morgan fingerprint density at radius 2 is 1.82 bits per heavy atom.